The lowest BCUT2D eigenvalue weighted by atomic mass is 10.2. The molecule has 0 fully saturated rings. The van der Waals surface area contributed by atoms with Crippen LogP contribution in [-0.2, 0) is 0 Å². The van der Waals surface area contributed by atoms with E-state index in [0.717, 1.165) is 11.3 Å². The minimum atomic E-state index is -0.584. The number of hydrogen-bond acceptors (Lipinski definition) is 5. The Labute approximate surface area is 126 Å². The third kappa shape index (κ3) is 3.71. The van der Waals surface area contributed by atoms with E-state index in [0.29, 0.717) is 10.9 Å². The van der Waals surface area contributed by atoms with E-state index in [1.165, 1.54) is 18.0 Å². The molecule has 1 aromatic heterocycles. The first-order valence-electron chi connectivity index (χ1n) is 6.04. The van der Waals surface area contributed by atoms with Gasteiger partial charge in [0.05, 0.1) is 11.2 Å². The third-order valence-corrected chi connectivity index (χ3v) is 3.44. The van der Waals surface area contributed by atoms with Gasteiger partial charge in [-0.05, 0) is 24.8 Å². The Morgan fingerprint density at radius 2 is 2.05 bits per heavy atom. The highest BCUT2D eigenvalue weighted by Crippen LogP contribution is 2.20. The van der Waals surface area contributed by atoms with Gasteiger partial charge >= 0.3 is 5.97 Å². The van der Waals surface area contributed by atoms with Gasteiger partial charge in [-0.1, -0.05) is 48.0 Å². The van der Waals surface area contributed by atoms with Crippen LogP contribution >= 0.6 is 23.4 Å². The zero-order chi connectivity index (χ0) is 14.5. The van der Waals surface area contributed by atoms with Crippen molar-refractivity contribution in [2.24, 2.45) is 0 Å². The number of nitrogens with zero attached hydrogens (tertiary/aromatic N) is 2. The fourth-order valence-electron chi connectivity index (χ4n) is 1.45. The Kier molecular flexibility index (Phi) is 4.98. The van der Waals surface area contributed by atoms with Crippen molar-refractivity contribution < 1.29 is 9.53 Å². The van der Waals surface area contributed by atoms with E-state index in [9.17, 15) is 4.79 Å². The number of thioether (sulfide) groups is 1. The van der Waals surface area contributed by atoms with Gasteiger partial charge in [-0.3, -0.25) is 0 Å². The van der Waals surface area contributed by atoms with Crippen molar-refractivity contribution in [2.45, 2.75) is 19.0 Å². The average Bonchev–Trinajstić information content (AvgIpc) is 2.43. The predicted octanol–water partition coefficient (Wildman–Crippen LogP) is 3.77. The van der Waals surface area contributed by atoms with Gasteiger partial charge in [0, 0.05) is 0 Å². The summed E-state index contributed by atoms with van der Waals surface area (Å²) in [7, 11) is 0. The van der Waals surface area contributed by atoms with Gasteiger partial charge in [0.15, 0.2) is 10.9 Å². The molecule has 20 heavy (non-hydrogen) atoms. The SMILES string of the molecule is CCSc1ncc(Cl)c(C(=O)Oc2ccc(C)cc2)n1. The minimum absolute atomic E-state index is 0.0817. The van der Waals surface area contributed by atoms with Crippen molar-refractivity contribution in [3.8, 4) is 5.75 Å². The summed E-state index contributed by atoms with van der Waals surface area (Å²) in [6, 6.07) is 7.18. The van der Waals surface area contributed by atoms with Gasteiger partial charge in [0.25, 0.3) is 0 Å². The monoisotopic (exact) mass is 308 g/mol. The van der Waals surface area contributed by atoms with Crippen molar-refractivity contribution in [1.29, 1.82) is 0 Å². The summed E-state index contributed by atoms with van der Waals surface area (Å²) in [5, 5.41) is 0.690. The lowest BCUT2D eigenvalue weighted by Gasteiger charge is -2.06. The minimum Gasteiger partial charge on any atom is -0.422 e. The molecule has 0 saturated heterocycles. The quantitative estimate of drug-likeness (QED) is 0.372. The van der Waals surface area contributed by atoms with E-state index in [4.69, 9.17) is 16.3 Å². The fraction of sp³-hybridized carbons (Fsp3) is 0.214. The number of halogens is 1. The van der Waals surface area contributed by atoms with Crippen LogP contribution in [0.4, 0.5) is 0 Å². The molecule has 0 aliphatic heterocycles. The third-order valence-electron chi connectivity index (χ3n) is 2.42. The van der Waals surface area contributed by atoms with Crippen LogP contribution in [0, 0.1) is 6.92 Å². The standard InChI is InChI=1S/C14H13ClN2O2S/c1-3-20-14-16-8-11(15)12(17-14)13(18)19-10-6-4-9(2)5-7-10/h4-8H,3H2,1-2H3. The van der Waals surface area contributed by atoms with Gasteiger partial charge in [-0.25, -0.2) is 14.8 Å². The molecular weight excluding hydrogens is 296 g/mol. The molecule has 104 valence electrons. The zero-order valence-electron chi connectivity index (χ0n) is 11.1. The van der Waals surface area contributed by atoms with E-state index in [-0.39, 0.29) is 10.7 Å². The number of aryl methyl sites for hydroxylation is 1. The molecule has 1 heterocycles. The molecule has 0 aliphatic carbocycles. The molecule has 4 nitrogen and oxygen atoms in total. The van der Waals surface area contributed by atoms with Crippen molar-refractivity contribution in [3.63, 3.8) is 0 Å². The van der Waals surface area contributed by atoms with Crippen LogP contribution in [0.25, 0.3) is 0 Å². The van der Waals surface area contributed by atoms with Gasteiger partial charge in [-0.2, -0.15) is 0 Å². The molecule has 0 radical (unpaired) electrons. The highest BCUT2D eigenvalue weighted by molar-refractivity contribution is 7.99. The van der Waals surface area contributed by atoms with Crippen molar-refractivity contribution in [2.75, 3.05) is 5.75 Å². The number of carbonyl (C=O) groups is 1. The van der Waals surface area contributed by atoms with Crippen LogP contribution < -0.4 is 4.74 Å². The van der Waals surface area contributed by atoms with Crippen LogP contribution in [0.1, 0.15) is 23.0 Å². The molecule has 0 unspecified atom stereocenters. The molecule has 0 atom stereocenters. The second-order valence-electron chi connectivity index (χ2n) is 3.98. The summed E-state index contributed by atoms with van der Waals surface area (Å²) >= 11 is 7.38. The molecule has 0 bridgehead atoms. The molecular formula is C14H13ClN2O2S. The number of hydrogen-bond donors (Lipinski definition) is 0. The number of benzene rings is 1. The number of rotatable bonds is 4. The Hall–Kier alpha value is -1.59. The Morgan fingerprint density at radius 1 is 1.35 bits per heavy atom. The Bertz CT molecular complexity index is 617. The summed E-state index contributed by atoms with van der Waals surface area (Å²) < 4.78 is 5.25. The van der Waals surface area contributed by atoms with Gasteiger partial charge in [0.1, 0.15) is 5.75 Å². The summed E-state index contributed by atoms with van der Waals surface area (Å²) in [4.78, 5) is 20.2. The number of ether oxygens (including phenoxy) is 1. The van der Waals surface area contributed by atoms with E-state index in [1.54, 1.807) is 12.1 Å². The number of aromatic nitrogens is 2. The van der Waals surface area contributed by atoms with Gasteiger partial charge in [-0.15, -0.1) is 0 Å². The highest BCUT2D eigenvalue weighted by Gasteiger charge is 2.16. The molecule has 2 aromatic rings. The van der Waals surface area contributed by atoms with Crippen LogP contribution in [0.3, 0.4) is 0 Å². The summed E-state index contributed by atoms with van der Waals surface area (Å²) in [6.07, 6.45) is 1.41. The normalized spacial score (nSPS) is 10.3. The van der Waals surface area contributed by atoms with E-state index >= 15 is 0 Å². The lowest BCUT2D eigenvalue weighted by molar-refractivity contribution is 0.0727. The maximum Gasteiger partial charge on any atom is 0.364 e. The number of esters is 1. The van der Waals surface area contributed by atoms with Crippen LogP contribution in [0.2, 0.25) is 5.02 Å². The Morgan fingerprint density at radius 3 is 2.70 bits per heavy atom. The zero-order valence-corrected chi connectivity index (χ0v) is 12.7. The first kappa shape index (κ1) is 14.8. The first-order chi connectivity index (χ1) is 9.60. The first-order valence-corrected chi connectivity index (χ1v) is 7.40. The van der Waals surface area contributed by atoms with Crippen LogP contribution in [0.5, 0.6) is 5.75 Å². The maximum atomic E-state index is 12.1. The second-order valence-corrected chi connectivity index (χ2v) is 5.62. The summed E-state index contributed by atoms with van der Waals surface area (Å²) in [6.45, 7) is 3.94. The van der Waals surface area contributed by atoms with Gasteiger partial charge in [0.2, 0.25) is 0 Å². The predicted molar refractivity (Wildman–Crippen MR) is 79.6 cm³/mol. The van der Waals surface area contributed by atoms with Crippen molar-refractivity contribution in [3.05, 3.63) is 46.7 Å². The summed E-state index contributed by atoms with van der Waals surface area (Å²) in [5.41, 5.74) is 1.17. The molecule has 2 rings (SSSR count). The molecule has 0 N–H and O–H groups in total. The smallest absolute Gasteiger partial charge is 0.364 e. The van der Waals surface area contributed by atoms with E-state index < -0.39 is 5.97 Å². The van der Waals surface area contributed by atoms with E-state index in [2.05, 4.69) is 9.97 Å². The van der Waals surface area contributed by atoms with Gasteiger partial charge < -0.3 is 4.74 Å². The van der Waals surface area contributed by atoms with Crippen molar-refractivity contribution >= 4 is 29.3 Å². The molecule has 0 amide bonds. The van der Waals surface area contributed by atoms with Crippen LogP contribution in [-0.4, -0.2) is 21.7 Å². The lowest BCUT2D eigenvalue weighted by Crippen LogP contribution is -2.12. The topological polar surface area (TPSA) is 52.1 Å². The largest absolute Gasteiger partial charge is 0.422 e. The van der Waals surface area contributed by atoms with Crippen LogP contribution in [0.15, 0.2) is 35.6 Å². The molecule has 0 aliphatic rings. The van der Waals surface area contributed by atoms with Crippen molar-refractivity contribution in [1.82, 2.24) is 9.97 Å². The molecule has 0 spiro atoms. The number of carbonyl (C=O) groups excluding carboxylic acids is 1. The molecule has 6 heteroatoms. The molecule has 1 aromatic carbocycles. The Balaban J connectivity index is 2.19. The second kappa shape index (κ2) is 6.72. The average molecular weight is 309 g/mol. The maximum absolute atomic E-state index is 12.1. The molecule has 0 saturated carbocycles. The van der Waals surface area contributed by atoms with E-state index in [1.807, 2.05) is 26.0 Å². The fourth-order valence-corrected chi connectivity index (χ4v) is 2.16. The highest BCUT2D eigenvalue weighted by atomic mass is 35.5. The summed E-state index contributed by atoms with van der Waals surface area (Å²) in [5.74, 6) is 0.688.